The Morgan fingerprint density at radius 3 is 2.41 bits per heavy atom. The maximum Gasteiger partial charge on any atom is 0.277 e. The molecule has 6 heteroatoms. The number of hydrogen-bond donors (Lipinski definition) is 0. The minimum absolute atomic E-state index is 0.298. The van der Waals surface area contributed by atoms with Crippen LogP contribution in [0.5, 0.6) is 5.75 Å². The summed E-state index contributed by atoms with van der Waals surface area (Å²) in [6.07, 6.45) is 0. The number of Topliss-reactive ketones (excluding diaryl/α,β-unsaturated/α-hetero) is 1. The standard InChI is InChI=1S/C11H14O5S/c1-9(17(13,14)15-2)11(12)8-16-10-6-4-3-5-7-10/h3-7,9H,8H2,1-2H3. The van der Waals surface area contributed by atoms with Gasteiger partial charge in [0, 0.05) is 0 Å². The molecule has 0 aliphatic carbocycles. The largest absolute Gasteiger partial charge is 0.486 e. The molecule has 5 nitrogen and oxygen atoms in total. The molecule has 1 atom stereocenters. The topological polar surface area (TPSA) is 69.7 Å². The summed E-state index contributed by atoms with van der Waals surface area (Å²) in [6, 6.07) is 8.70. The van der Waals surface area contributed by atoms with E-state index in [1.54, 1.807) is 24.3 Å². The molecule has 0 heterocycles. The van der Waals surface area contributed by atoms with Crippen molar-refractivity contribution in [1.82, 2.24) is 0 Å². The summed E-state index contributed by atoms with van der Waals surface area (Å²) in [5, 5.41) is -1.23. The van der Waals surface area contributed by atoms with Crippen molar-refractivity contribution in [3.05, 3.63) is 30.3 Å². The van der Waals surface area contributed by atoms with Crippen molar-refractivity contribution in [2.75, 3.05) is 13.7 Å². The first-order chi connectivity index (χ1) is 7.97. The summed E-state index contributed by atoms with van der Waals surface area (Å²) in [7, 11) is -2.81. The van der Waals surface area contributed by atoms with Crippen molar-refractivity contribution in [2.24, 2.45) is 0 Å². The second-order valence-electron chi connectivity index (χ2n) is 3.37. The highest BCUT2D eigenvalue weighted by atomic mass is 32.2. The van der Waals surface area contributed by atoms with Gasteiger partial charge in [-0.05, 0) is 19.1 Å². The molecule has 0 aromatic heterocycles. The van der Waals surface area contributed by atoms with Crippen molar-refractivity contribution in [2.45, 2.75) is 12.2 Å². The summed E-state index contributed by atoms with van der Waals surface area (Å²) < 4.78 is 31.9. The molecule has 1 aromatic rings. The van der Waals surface area contributed by atoms with Gasteiger partial charge in [0.1, 0.15) is 17.6 Å². The molecule has 0 saturated carbocycles. The van der Waals surface area contributed by atoms with Gasteiger partial charge in [-0.15, -0.1) is 0 Å². The van der Waals surface area contributed by atoms with E-state index in [9.17, 15) is 13.2 Å². The number of rotatable bonds is 6. The molecule has 0 radical (unpaired) electrons. The lowest BCUT2D eigenvalue weighted by Gasteiger charge is -2.10. The summed E-state index contributed by atoms with van der Waals surface area (Å²) in [6.45, 7) is 0.975. The average Bonchev–Trinajstić information content (AvgIpc) is 2.36. The lowest BCUT2D eigenvalue weighted by molar-refractivity contribution is -0.120. The van der Waals surface area contributed by atoms with E-state index in [1.807, 2.05) is 6.07 Å². The maximum absolute atomic E-state index is 11.5. The summed E-state index contributed by atoms with van der Waals surface area (Å²) in [5.74, 6) is -0.0291. The summed E-state index contributed by atoms with van der Waals surface area (Å²) in [5.41, 5.74) is 0. The lowest BCUT2D eigenvalue weighted by atomic mass is 10.3. The van der Waals surface area contributed by atoms with Crippen molar-refractivity contribution < 1.29 is 22.1 Å². The first-order valence-electron chi connectivity index (χ1n) is 4.97. The van der Waals surface area contributed by atoms with Gasteiger partial charge in [-0.1, -0.05) is 18.2 Å². The Balaban J connectivity index is 2.57. The van der Waals surface area contributed by atoms with Crippen molar-refractivity contribution in [3.8, 4) is 5.75 Å². The number of benzene rings is 1. The number of carbonyl (C=O) groups is 1. The Hall–Kier alpha value is -1.40. The van der Waals surface area contributed by atoms with Gasteiger partial charge >= 0.3 is 0 Å². The second kappa shape index (κ2) is 5.79. The van der Waals surface area contributed by atoms with Crippen LogP contribution in [0.4, 0.5) is 0 Å². The summed E-state index contributed by atoms with van der Waals surface area (Å²) >= 11 is 0. The molecule has 94 valence electrons. The molecule has 0 amide bonds. The number of ether oxygens (including phenoxy) is 1. The fourth-order valence-corrected chi connectivity index (χ4v) is 1.77. The van der Waals surface area contributed by atoms with E-state index in [0.29, 0.717) is 5.75 Å². The molecule has 17 heavy (non-hydrogen) atoms. The predicted molar refractivity (Wildman–Crippen MR) is 62.3 cm³/mol. The van der Waals surface area contributed by atoms with Gasteiger partial charge in [0.15, 0.2) is 5.78 Å². The first kappa shape index (κ1) is 13.7. The van der Waals surface area contributed by atoms with Crippen LogP contribution in [0.2, 0.25) is 0 Å². The Labute approximate surface area is 100 Å². The Kier molecular flexibility index (Phi) is 4.65. The number of ketones is 1. The van der Waals surface area contributed by atoms with Gasteiger partial charge in [-0.3, -0.25) is 8.98 Å². The highest BCUT2D eigenvalue weighted by Crippen LogP contribution is 2.10. The van der Waals surface area contributed by atoms with Gasteiger partial charge in [-0.2, -0.15) is 8.42 Å². The van der Waals surface area contributed by atoms with Crippen LogP contribution >= 0.6 is 0 Å². The molecule has 0 fully saturated rings. The average molecular weight is 258 g/mol. The third-order valence-corrected chi connectivity index (χ3v) is 3.84. The molecule has 1 aromatic carbocycles. The summed E-state index contributed by atoms with van der Waals surface area (Å²) in [4.78, 5) is 11.5. The Morgan fingerprint density at radius 1 is 1.29 bits per heavy atom. The molecule has 0 saturated heterocycles. The van der Waals surface area contributed by atoms with Crippen LogP contribution in [-0.2, 0) is 19.1 Å². The van der Waals surface area contributed by atoms with Crippen LogP contribution in [0.15, 0.2) is 30.3 Å². The Morgan fingerprint density at radius 2 is 1.88 bits per heavy atom. The van der Waals surface area contributed by atoms with Crippen molar-refractivity contribution in [1.29, 1.82) is 0 Å². The minimum Gasteiger partial charge on any atom is -0.486 e. The van der Waals surface area contributed by atoms with E-state index in [1.165, 1.54) is 6.92 Å². The smallest absolute Gasteiger partial charge is 0.277 e. The SMILES string of the molecule is COS(=O)(=O)C(C)C(=O)COc1ccccc1. The zero-order chi connectivity index (χ0) is 12.9. The van der Waals surface area contributed by atoms with E-state index in [4.69, 9.17) is 4.74 Å². The van der Waals surface area contributed by atoms with Gasteiger partial charge in [0.25, 0.3) is 10.1 Å². The molecular weight excluding hydrogens is 244 g/mol. The fraction of sp³-hybridized carbons (Fsp3) is 0.364. The van der Waals surface area contributed by atoms with E-state index in [-0.39, 0.29) is 6.61 Å². The first-order valence-corrected chi connectivity index (χ1v) is 6.44. The third-order valence-electron chi connectivity index (χ3n) is 2.24. The third kappa shape index (κ3) is 3.83. The van der Waals surface area contributed by atoms with E-state index in [0.717, 1.165) is 7.11 Å². The van der Waals surface area contributed by atoms with E-state index < -0.39 is 21.2 Å². The van der Waals surface area contributed by atoms with Crippen LogP contribution in [0.3, 0.4) is 0 Å². The highest BCUT2D eigenvalue weighted by molar-refractivity contribution is 7.88. The monoisotopic (exact) mass is 258 g/mol. The highest BCUT2D eigenvalue weighted by Gasteiger charge is 2.27. The molecule has 1 unspecified atom stereocenters. The normalized spacial score (nSPS) is 13.1. The van der Waals surface area contributed by atoms with Gasteiger partial charge in [0.05, 0.1) is 7.11 Å². The molecule has 0 bridgehead atoms. The van der Waals surface area contributed by atoms with Crippen molar-refractivity contribution in [3.63, 3.8) is 0 Å². The number of hydrogen-bond acceptors (Lipinski definition) is 5. The zero-order valence-electron chi connectivity index (χ0n) is 9.62. The van der Waals surface area contributed by atoms with Gasteiger partial charge in [-0.25, -0.2) is 0 Å². The zero-order valence-corrected chi connectivity index (χ0v) is 10.4. The molecule has 0 aliphatic rings. The van der Waals surface area contributed by atoms with E-state index in [2.05, 4.69) is 4.18 Å². The quantitative estimate of drug-likeness (QED) is 0.712. The molecule has 0 aliphatic heterocycles. The fourth-order valence-electron chi connectivity index (χ4n) is 1.09. The van der Waals surface area contributed by atoms with Gasteiger partial charge < -0.3 is 4.74 Å². The molecule has 0 N–H and O–H groups in total. The second-order valence-corrected chi connectivity index (χ2v) is 5.40. The molecule has 1 rings (SSSR count). The maximum atomic E-state index is 11.5. The van der Waals surface area contributed by atoms with Crippen LogP contribution in [-0.4, -0.2) is 33.2 Å². The predicted octanol–water partition coefficient (Wildman–Crippen LogP) is 0.999. The molecule has 0 spiro atoms. The number of para-hydroxylation sites is 1. The van der Waals surface area contributed by atoms with Gasteiger partial charge in [0.2, 0.25) is 0 Å². The van der Waals surface area contributed by atoms with E-state index >= 15 is 0 Å². The van der Waals surface area contributed by atoms with Crippen LogP contribution in [0.1, 0.15) is 6.92 Å². The van der Waals surface area contributed by atoms with Crippen LogP contribution in [0.25, 0.3) is 0 Å². The molecular formula is C11H14O5S. The minimum atomic E-state index is -3.83. The van der Waals surface area contributed by atoms with Crippen LogP contribution < -0.4 is 4.74 Å². The lowest BCUT2D eigenvalue weighted by Crippen LogP contribution is -2.32. The Bertz CT molecular complexity index is 466. The number of carbonyl (C=O) groups excluding carboxylic acids is 1. The van der Waals surface area contributed by atoms with Crippen LogP contribution in [0, 0.1) is 0 Å². The van der Waals surface area contributed by atoms with Crippen molar-refractivity contribution >= 4 is 15.9 Å².